The molecule has 4 aromatic rings. The number of carboxylic acids is 1. The van der Waals surface area contributed by atoms with E-state index >= 15 is 0 Å². The second kappa shape index (κ2) is 10.7. The molecule has 34 heavy (non-hydrogen) atoms. The zero-order chi connectivity index (χ0) is 24.2. The summed E-state index contributed by atoms with van der Waals surface area (Å²) in [6.45, 7) is 1.85. The van der Waals surface area contributed by atoms with Crippen molar-refractivity contribution in [1.29, 1.82) is 0 Å². The first-order chi connectivity index (χ1) is 16.3. The van der Waals surface area contributed by atoms with E-state index in [0.29, 0.717) is 25.3 Å². The lowest BCUT2D eigenvalue weighted by Gasteiger charge is -2.21. The Bertz CT molecular complexity index is 1260. The number of aromatic nitrogens is 3. The molecule has 2 N–H and O–H groups in total. The van der Waals surface area contributed by atoms with Gasteiger partial charge in [0.15, 0.2) is 5.75 Å². The molecule has 0 amide bonds. The average molecular weight is 607 g/mol. The predicted octanol–water partition coefficient (Wildman–Crippen LogP) is 6.05. The molecule has 7 nitrogen and oxygen atoms in total. The maximum atomic E-state index is 11.4. The van der Waals surface area contributed by atoms with Crippen molar-refractivity contribution < 1.29 is 15.0 Å². The van der Waals surface area contributed by atoms with Crippen LogP contribution in [0.4, 0.5) is 0 Å². The number of phenols is 1. The lowest BCUT2D eigenvalue weighted by atomic mass is 10.1. The molecule has 0 saturated carbocycles. The summed E-state index contributed by atoms with van der Waals surface area (Å²) in [6, 6.07) is 18.9. The fraction of sp³-hybridized carbons (Fsp3) is 0.125. The number of halogens is 3. The summed E-state index contributed by atoms with van der Waals surface area (Å²) in [7, 11) is 0. The first kappa shape index (κ1) is 24.4. The molecule has 0 radical (unpaired) electrons. The van der Waals surface area contributed by atoms with E-state index in [2.05, 4.69) is 71.3 Å². The van der Waals surface area contributed by atoms with E-state index in [1.165, 1.54) is 16.8 Å². The molecule has 0 aliphatic rings. The van der Waals surface area contributed by atoms with Crippen LogP contribution < -0.4 is 0 Å². The predicted molar refractivity (Wildman–Crippen MR) is 136 cm³/mol. The van der Waals surface area contributed by atoms with Gasteiger partial charge in [-0.15, -0.1) is 5.10 Å². The summed E-state index contributed by atoms with van der Waals surface area (Å²) in [5, 5.41) is 28.3. The van der Waals surface area contributed by atoms with Crippen molar-refractivity contribution in [1.82, 2.24) is 19.9 Å². The van der Waals surface area contributed by atoms with Crippen LogP contribution >= 0.6 is 43.5 Å². The van der Waals surface area contributed by atoms with Crippen molar-refractivity contribution >= 4 is 49.4 Å². The molecule has 0 atom stereocenters. The van der Waals surface area contributed by atoms with Crippen LogP contribution in [0.25, 0.3) is 5.69 Å². The van der Waals surface area contributed by atoms with E-state index < -0.39 is 11.7 Å². The van der Waals surface area contributed by atoms with Gasteiger partial charge in [0, 0.05) is 33.6 Å². The highest BCUT2D eigenvalue weighted by Gasteiger charge is 2.18. The molecule has 10 heteroatoms. The van der Waals surface area contributed by atoms with E-state index in [0.717, 1.165) is 20.1 Å². The third kappa shape index (κ3) is 6.04. The first-order valence-electron chi connectivity index (χ1n) is 10.2. The maximum Gasteiger partial charge on any atom is 0.339 e. The number of nitrogens with zero attached hydrogens (tertiary/aromatic N) is 4. The quantitative estimate of drug-likeness (QED) is 0.254. The van der Waals surface area contributed by atoms with E-state index in [9.17, 15) is 15.0 Å². The molecule has 4 rings (SSSR count). The summed E-state index contributed by atoms with van der Waals surface area (Å²) in [5.41, 5.74) is 2.80. The number of benzene rings is 3. The zero-order valence-corrected chi connectivity index (χ0v) is 21.6. The number of carbonyl (C=O) groups is 1. The van der Waals surface area contributed by atoms with Gasteiger partial charge in [-0.25, -0.2) is 9.48 Å². The van der Waals surface area contributed by atoms with Gasteiger partial charge >= 0.3 is 5.97 Å². The Labute approximate surface area is 217 Å². The molecule has 1 aromatic heterocycles. The van der Waals surface area contributed by atoms with Gasteiger partial charge in [0.2, 0.25) is 0 Å². The average Bonchev–Trinajstić information content (AvgIpc) is 3.26. The molecule has 0 aliphatic heterocycles. The highest BCUT2D eigenvalue weighted by Crippen LogP contribution is 2.30. The van der Waals surface area contributed by atoms with Crippen molar-refractivity contribution in [3.8, 4) is 11.4 Å². The SMILES string of the molecule is O=C(O)c1cc(Cl)cc(-n2cc(CN(Cc3ccc(Br)cc3)Cc3ccc(Br)cc3)nn2)c1O. The maximum absolute atomic E-state index is 11.4. The Morgan fingerprint density at radius 3 is 2.03 bits per heavy atom. The minimum absolute atomic E-state index is 0.149. The molecule has 3 aromatic carbocycles. The van der Waals surface area contributed by atoms with Gasteiger partial charge in [-0.3, -0.25) is 4.90 Å². The lowest BCUT2D eigenvalue weighted by Crippen LogP contribution is -2.22. The number of aromatic carboxylic acids is 1. The van der Waals surface area contributed by atoms with Crippen molar-refractivity contribution in [3.05, 3.63) is 103 Å². The largest absolute Gasteiger partial charge is 0.505 e. The summed E-state index contributed by atoms with van der Waals surface area (Å²) in [4.78, 5) is 13.6. The van der Waals surface area contributed by atoms with Crippen molar-refractivity contribution in [2.24, 2.45) is 0 Å². The first-order valence-corrected chi connectivity index (χ1v) is 12.1. The van der Waals surface area contributed by atoms with Crippen LogP contribution in [0.15, 0.2) is 75.8 Å². The molecular weight excluding hydrogens is 588 g/mol. The smallest absolute Gasteiger partial charge is 0.339 e. The van der Waals surface area contributed by atoms with Crippen molar-refractivity contribution in [2.45, 2.75) is 19.6 Å². The van der Waals surface area contributed by atoms with E-state index in [1.807, 2.05) is 24.3 Å². The number of hydrogen-bond acceptors (Lipinski definition) is 5. The van der Waals surface area contributed by atoms with Gasteiger partial charge in [0.05, 0.1) is 11.9 Å². The molecule has 0 saturated heterocycles. The van der Waals surface area contributed by atoms with E-state index in [4.69, 9.17) is 11.6 Å². The van der Waals surface area contributed by atoms with Crippen LogP contribution in [0.1, 0.15) is 27.2 Å². The molecule has 0 unspecified atom stereocenters. The number of rotatable bonds is 8. The topological polar surface area (TPSA) is 91.5 Å². The molecular formula is C24H19Br2ClN4O3. The molecule has 0 spiro atoms. The standard InChI is InChI=1S/C24H19Br2ClN4O3/c25-17-5-1-15(2-6-17)11-30(12-16-3-7-18(26)8-4-16)13-20-14-31(29-28-20)22-10-19(27)9-21(23(22)32)24(33)34/h1-10,14,32H,11-13H2,(H,33,34). The lowest BCUT2D eigenvalue weighted by molar-refractivity contribution is 0.0693. The molecule has 0 fully saturated rings. The molecule has 174 valence electrons. The minimum atomic E-state index is -1.28. The second-order valence-corrected chi connectivity index (χ2v) is 9.95. The van der Waals surface area contributed by atoms with Crippen molar-refractivity contribution in [3.63, 3.8) is 0 Å². The summed E-state index contributed by atoms with van der Waals surface area (Å²) >= 11 is 13.0. The third-order valence-corrected chi connectivity index (χ3v) is 6.37. The van der Waals surface area contributed by atoms with Crippen LogP contribution in [-0.2, 0) is 19.6 Å². The van der Waals surface area contributed by atoms with Gasteiger partial charge in [-0.2, -0.15) is 0 Å². The Morgan fingerprint density at radius 2 is 1.50 bits per heavy atom. The Hall–Kier alpha value is -2.72. The highest BCUT2D eigenvalue weighted by molar-refractivity contribution is 9.10. The van der Waals surface area contributed by atoms with Gasteiger partial charge in [0.1, 0.15) is 11.3 Å². The monoisotopic (exact) mass is 604 g/mol. The number of carboxylic acid groups (broad SMARTS) is 1. The third-order valence-electron chi connectivity index (χ3n) is 5.10. The van der Waals surface area contributed by atoms with Crippen molar-refractivity contribution in [2.75, 3.05) is 0 Å². The minimum Gasteiger partial charge on any atom is -0.505 e. The fourth-order valence-corrected chi connectivity index (χ4v) is 4.25. The fourth-order valence-electron chi connectivity index (χ4n) is 3.50. The Balaban J connectivity index is 1.60. The van der Waals surface area contributed by atoms with Gasteiger partial charge < -0.3 is 10.2 Å². The highest BCUT2D eigenvalue weighted by atomic mass is 79.9. The number of aromatic hydroxyl groups is 1. The normalized spacial score (nSPS) is 11.2. The van der Waals surface area contributed by atoms with Crippen LogP contribution in [0.2, 0.25) is 5.02 Å². The Morgan fingerprint density at radius 1 is 0.941 bits per heavy atom. The zero-order valence-electron chi connectivity index (χ0n) is 17.7. The van der Waals surface area contributed by atoms with Gasteiger partial charge in [0.25, 0.3) is 0 Å². The molecule has 0 aliphatic carbocycles. The second-order valence-electron chi connectivity index (χ2n) is 7.68. The van der Waals surface area contributed by atoms with Crippen LogP contribution in [0, 0.1) is 0 Å². The summed E-state index contributed by atoms with van der Waals surface area (Å²) in [6.07, 6.45) is 1.66. The molecule has 1 heterocycles. The van der Waals surface area contributed by atoms with Crippen LogP contribution in [0.3, 0.4) is 0 Å². The Kier molecular flexibility index (Phi) is 7.67. The van der Waals surface area contributed by atoms with Crippen LogP contribution in [-0.4, -0.2) is 36.1 Å². The number of hydrogen-bond donors (Lipinski definition) is 2. The van der Waals surface area contributed by atoms with Gasteiger partial charge in [-0.05, 0) is 47.5 Å². The summed E-state index contributed by atoms with van der Waals surface area (Å²) < 4.78 is 3.36. The van der Waals surface area contributed by atoms with Gasteiger partial charge in [-0.1, -0.05) is 72.9 Å². The van der Waals surface area contributed by atoms with Crippen LogP contribution in [0.5, 0.6) is 5.75 Å². The summed E-state index contributed by atoms with van der Waals surface area (Å²) in [5.74, 6) is -1.70. The molecule has 0 bridgehead atoms. The van der Waals surface area contributed by atoms with E-state index in [-0.39, 0.29) is 16.3 Å². The van der Waals surface area contributed by atoms with E-state index in [1.54, 1.807) is 6.20 Å².